The Labute approximate surface area is 169 Å². The molecule has 2 aliphatic rings. The van der Waals surface area contributed by atoms with E-state index in [2.05, 4.69) is 40.9 Å². The summed E-state index contributed by atoms with van der Waals surface area (Å²) in [4.78, 5) is 25.4. The number of carbonyl (C=O) groups is 1. The number of nitrogens with zero attached hydrogens (tertiary/aromatic N) is 5. The van der Waals surface area contributed by atoms with Crippen molar-refractivity contribution in [1.82, 2.24) is 24.9 Å². The molecule has 1 amide bonds. The topological polar surface area (TPSA) is 54.4 Å². The normalized spacial score (nSPS) is 21.7. The number of hydrogen-bond acceptors (Lipinski definition) is 4. The molecule has 8 heteroatoms. The molecule has 1 N–H and O–H groups in total. The van der Waals surface area contributed by atoms with Crippen molar-refractivity contribution in [2.24, 2.45) is 4.99 Å². The third-order valence-electron chi connectivity index (χ3n) is 5.03. The molecule has 1 unspecified atom stereocenters. The lowest BCUT2D eigenvalue weighted by Crippen LogP contribution is -2.54. The fourth-order valence-corrected chi connectivity index (χ4v) is 3.26. The fraction of sp³-hybridized carbons (Fsp3) is 0.882. The van der Waals surface area contributed by atoms with Crippen LogP contribution < -0.4 is 5.32 Å². The van der Waals surface area contributed by atoms with Crippen LogP contribution in [0.3, 0.4) is 0 Å². The van der Waals surface area contributed by atoms with E-state index < -0.39 is 0 Å². The molecule has 2 saturated heterocycles. The third kappa shape index (κ3) is 6.90. The first kappa shape index (κ1) is 22.4. The summed E-state index contributed by atoms with van der Waals surface area (Å²) in [6.07, 6.45) is 0. The van der Waals surface area contributed by atoms with Crippen molar-refractivity contribution in [1.29, 1.82) is 0 Å². The van der Waals surface area contributed by atoms with E-state index in [4.69, 9.17) is 4.99 Å². The molecule has 2 aliphatic heterocycles. The van der Waals surface area contributed by atoms with Gasteiger partial charge in [0.1, 0.15) is 0 Å². The van der Waals surface area contributed by atoms with Crippen molar-refractivity contribution in [2.75, 3.05) is 72.5 Å². The summed E-state index contributed by atoms with van der Waals surface area (Å²) >= 11 is 0. The van der Waals surface area contributed by atoms with Gasteiger partial charge in [0.25, 0.3) is 0 Å². The molecule has 0 aromatic heterocycles. The molecular formula is C17H35IN6O. The molecule has 146 valence electrons. The van der Waals surface area contributed by atoms with Gasteiger partial charge < -0.3 is 20.0 Å². The summed E-state index contributed by atoms with van der Waals surface area (Å²) in [6, 6.07) is 0.464. The van der Waals surface area contributed by atoms with Gasteiger partial charge in [-0.1, -0.05) is 0 Å². The van der Waals surface area contributed by atoms with Crippen LogP contribution in [0.25, 0.3) is 0 Å². The van der Waals surface area contributed by atoms with Crippen LogP contribution in [-0.4, -0.2) is 110 Å². The van der Waals surface area contributed by atoms with Crippen molar-refractivity contribution in [3.05, 3.63) is 0 Å². The minimum Gasteiger partial charge on any atom is -0.357 e. The van der Waals surface area contributed by atoms with Gasteiger partial charge in [-0.15, -0.1) is 24.0 Å². The second-order valence-electron chi connectivity index (χ2n) is 6.88. The van der Waals surface area contributed by atoms with E-state index in [1.54, 1.807) is 6.92 Å². The van der Waals surface area contributed by atoms with E-state index in [9.17, 15) is 4.79 Å². The summed E-state index contributed by atoms with van der Waals surface area (Å²) in [5.41, 5.74) is 0. The van der Waals surface area contributed by atoms with Crippen LogP contribution in [0.2, 0.25) is 0 Å². The Balaban J connectivity index is 0.00000312. The van der Waals surface area contributed by atoms with Crippen LogP contribution in [-0.2, 0) is 4.79 Å². The number of aliphatic imine (C=N–C) groups is 1. The molecule has 2 fully saturated rings. The second-order valence-corrected chi connectivity index (χ2v) is 6.88. The Bertz CT molecular complexity index is 431. The minimum atomic E-state index is 0. The predicted molar refractivity (Wildman–Crippen MR) is 114 cm³/mol. The number of guanidine groups is 1. The van der Waals surface area contributed by atoms with Gasteiger partial charge in [-0.05, 0) is 20.9 Å². The number of hydrogen-bond donors (Lipinski definition) is 1. The molecule has 2 rings (SSSR count). The van der Waals surface area contributed by atoms with Crippen molar-refractivity contribution >= 4 is 35.8 Å². The van der Waals surface area contributed by atoms with Crippen LogP contribution >= 0.6 is 24.0 Å². The minimum absolute atomic E-state index is 0. The van der Waals surface area contributed by atoms with Gasteiger partial charge in [0.2, 0.25) is 5.91 Å². The van der Waals surface area contributed by atoms with Gasteiger partial charge in [-0.25, -0.2) is 0 Å². The highest BCUT2D eigenvalue weighted by Gasteiger charge is 2.22. The number of likely N-dealkylation sites (N-methyl/N-ethyl adjacent to an activating group) is 1. The fourth-order valence-electron chi connectivity index (χ4n) is 3.26. The van der Waals surface area contributed by atoms with Crippen LogP contribution in [0, 0.1) is 0 Å². The number of nitrogens with one attached hydrogen (secondary N) is 1. The van der Waals surface area contributed by atoms with Gasteiger partial charge in [0.05, 0.1) is 6.54 Å². The third-order valence-corrected chi connectivity index (χ3v) is 5.03. The van der Waals surface area contributed by atoms with Crippen molar-refractivity contribution in [3.8, 4) is 0 Å². The molecule has 0 aromatic rings. The Kier molecular flexibility index (Phi) is 10.0. The average molecular weight is 466 g/mol. The molecule has 0 aromatic carbocycles. The van der Waals surface area contributed by atoms with Crippen LogP contribution in [0.5, 0.6) is 0 Å². The lowest BCUT2D eigenvalue weighted by Gasteiger charge is -2.37. The van der Waals surface area contributed by atoms with E-state index in [0.29, 0.717) is 6.04 Å². The molecule has 25 heavy (non-hydrogen) atoms. The standard InChI is InChI=1S/C17H34N6O.HI/c1-5-18-17(23-12-10-22(11-13-23)16(3)24)19-14-15(2)21-8-6-20(4)7-9-21;/h15H,5-14H2,1-4H3,(H,18,19);1H. The van der Waals surface area contributed by atoms with Crippen molar-refractivity contribution in [3.63, 3.8) is 0 Å². The molecule has 2 heterocycles. The molecule has 7 nitrogen and oxygen atoms in total. The maximum atomic E-state index is 11.5. The first-order chi connectivity index (χ1) is 11.5. The zero-order valence-electron chi connectivity index (χ0n) is 16.2. The average Bonchev–Trinajstić information content (AvgIpc) is 2.59. The summed E-state index contributed by atoms with van der Waals surface area (Å²) in [5, 5.41) is 3.41. The maximum absolute atomic E-state index is 11.5. The molecule has 0 saturated carbocycles. The lowest BCUT2D eigenvalue weighted by atomic mass is 10.2. The van der Waals surface area contributed by atoms with Crippen LogP contribution in [0.4, 0.5) is 0 Å². The number of piperazine rings is 2. The van der Waals surface area contributed by atoms with E-state index in [1.165, 1.54) is 0 Å². The van der Waals surface area contributed by atoms with Gasteiger partial charge in [-0.3, -0.25) is 14.7 Å². The lowest BCUT2D eigenvalue weighted by molar-refractivity contribution is -0.130. The van der Waals surface area contributed by atoms with Gasteiger partial charge in [0.15, 0.2) is 5.96 Å². The first-order valence-corrected chi connectivity index (χ1v) is 9.22. The molecular weight excluding hydrogens is 431 g/mol. The largest absolute Gasteiger partial charge is 0.357 e. The number of carbonyl (C=O) groups excluding carboxylic acids is 1. The highest BCUT2D eigenvalue weighted by molar-refractivity contribution is 14.0. The van der Waals surface area contributed by atoms with E-state index in [1.807, 2.05) is 4.90 Å². The van der Waals surface area contributed by atoms with E-state index in [0.717, 1.165) is 71.4 Å². The van der Waals surface area contributed by atoms with Crippen molar-refractivity contribution < 1.29 is 4.79 Å². The number of amides is 1. The van der Waals surface area contributed by atoms with Gasteiger partial charge >= 0.3 is 0 Å². The SMILES string of the molecule is CCNC(=NCC(C)N1CCN(C)CC1)N1CCN(C(C)=O)CC1.I. The number of rotatable bonds is 4. The van der Waals surface area contributed by atoms with E-state index in [-0.39, 0.29) is 29.9 Å². The number of halogens is 1. The maximum Gasteiger partial charge on any atom is 0.219 e. The van der Waals surface area contributed by atoms with Crippen molar-refractivity contribution in [2.45, 2.75) is 26.8 Å². The Morgan fingerprint density at radius 3 is 2.12 bits per heavy atom. The highest BCUT2D eigenvalue weighted by atomic mass is 127. The Hall–Kier alpha value is -0.610. The monoisotopic (exact) mass is 466 g/mol. The zero-order chi connectivity index (χ0) is 17.5. The predicted octanol–water partition coefficient (Wildman–Crippen LogP) is 0.370. The van der Waals surface area contributed by atoms with Crippen LogP contribution in [0.15, 0.2) is 4.99 Å². The van der Waals surface area contributed by atoms with Crippen LogP contribution in [0.1, 0.15) is 20.8 Å². The molecule has 0 radical (unpaired) electrons. The summed E-state index contributed by atoms with van der Waals surface area (Å²) in [6.45, 7) is 15.5. The second kappa shape index (κ2) is 11.2. The Morgan fingerprint density at radius 2 is 1.60 bits per heavy atom. The van der Waals surface area contributed by atoms with Gasteiger partial charge in [-0.2, -0.15) is 0 Å². The summed E-state index contributed by atoms with van der Waals surface area (Å²) < 4.78 is 0. The smallest absolute Gasteiger partial charge is 0.219 e. The Morgan fingerprint density at radius 1 is 1.04 bits per heavy atom. The quantitative estimate of drug-likeness (QED) is 0.369. The summed E-state index contributed by atoms with van der Waals surface area (Å²) in [5.74, 6) is 1.15. The molecule has 0 bridgehead atoms. The first-order valence-electron chi connectivity index (χ1n) is 9.22. The van der Waals surface area contributed by atoms with Gasteiger partial charge in [0, 0.05) is 71.9 Å². The highest BCUT2D eigenvalue weighted by Crippen LogP contribution is 2.07. The zero-order valence-corrected chi connectivity index (χ0v) is 18.5. The molecule has 1 atom stereocenters. The molecule has 0 spiro atoms. The molecule has 0 aliphatic carbocycles. The van der Waals surface area contributed by atoms with E-state index >= 15 is 0 Å². The summed E-state index contributed by atoms with van der Waals surface area (Å²) in [7, 11) is 2.18.